The Morgan fingerprint density at radius 2 is 1.82 bits per heavy atom. The molecule has 4 rings (SSSR count). The second kappa shape index (κ2) is 9.42. The van der Waals surface area contributed by atoms with Gasteiger partial charge in [0.15, 0.2) is 9.84 Å². The third kappa shape index (κ3) is 4.63. The van der Waals surface area contributed by atoms with Crippen molar-refractivity contribution < 1.29 is 22.8 Å². The summed E-state index contributed by atoms with van der Waals surface area (Å²) in [5.74, 6) is -1.42. The summed E-state index contributed by atoms with van der Waals surface area (Å²) < 4.78 is 25.8. The number of benzene rings is 1. The van der Waals surface area contributed by atoms with Crippen LogP contribution < -0.4 is 16.0 Å². The lowest BCUT2D eigenvalue weighted by atomic mass is 9.87. The van der Waals surface area contributed by atoms with E-state index in [9.17, 15) is 22.8 Å². The van der Waals surface area contributed by atoms with Crippen LogP contribution in [0.25, 0.3) is 0 Å². The molecular formula is C23H32N4O5S. The molecule has 1 aromatic rings. The van der Waals surface area contributed by atoms with Crippen molar-refractivity contribution in [1.29, 1.82) is 0 Å². The first-order chi connectivity index (χ1) is 15.7. The van der Waals surface area contributed by atoms with E-state index in [-0.39, 0.29) is 42.9 Å². The number of rotatable bonds is 5. The van der Waals surface area contributed by atoms with Crippen molar-refractivity contribution in [2.24, 2.45) is 0 Å². The number of fused-ring (bicyclic) bond motifs is 2. The van der Waals surface area contributed by atoms with Gasteiger partial charge < -0.3 is 20.9 Å². The Kier molecular flexibility index (Phi) is 6.76. The molecule has 0 saturated carbocycles. The first-order valence-electron chi connectivity index (χ1n) is 11.6. The first-order valence-corrected chi connectivity index (χ1v) is 13.3. The minimum Gasteiger partial charge on any atom is -0.347 e. The quantitative estimate of drug-likeness (QED) is 0.565. The summed E-state index contributed by atoms with van der Waals surface area (Å²) in [4.78, 5) is 40.3. The zero-order valence-corrected chi connectivity index (χ0v) is 19.9. The maximum Gasteiger partial charge on any atom is 0.246 e. The predicted molar refractivity (Wildman–Crippen MR) is 123 cm³/mol. The monoisotopic (exact) mass is 476 g/mol. The molecule has 2 fully saturated rings. The first kappa shape index (κ1) is 23.7. The van der Waals surface area contributed by atoms with Crippen molar-refractivity contribution in [2.75, 3.05) is 12.8 Å². The third-order valence-electron chi connectivity index (χ3n) is 7.12. The molecule has 2 heterocycles. The van der Waals surface area contributed by atoms with Crippen LogP contribution in [0.15, 0.2) is 24.3 Å². The number of aryl methyl sites for hydroxylation is 1. The summed E-state index contributed by atoms with van der Waals surface area (Å²) in [5, 5.41) is 7.53. The van der Waals surface area contributed by atoms with E-state index in [0.29, 0.717) is 0 Å². The van der Waals surface area contributed by atoms with E-state index in [1.807, 2.05) is 18.2 Å². The summed E-state index contributed by atoms with van der Waals surface area (Å²) in [6.45, 7) is 1.66. The second-order valence-corrected chi connectivity index (χ2v) is 11.5. The highest BCUT2D eigenvalue weighted by molar-refractivity contribution is 7.92. The number of nitrogens with zero attached hydrogens (tertiary/aromatic N) is 1. The lowest BCUT2D eigenvalue weighted by Crippen LogP contribution is -2.56. The third-order valence-corrected chi connectivity index (χ3v) is 9.22. The van der Waals surface area contributed by atoms with Crippen LogP contribution in [0, 0.1) is 0 Å². The van der Waals surface area contributed by atoms with Gasteiger partial charge in [-0.25, -0.2) is 8.42 Å². The molecule has 2 saturated heterocycles. The van der Waals surface area contributed by atoms with E-state index in [2.05, 4.69) is 22.0 Å². The Morgan fingerprint density at radius 3 is 2.58 bits per heavy atom. The van der Waals surface area contributed by atoms with Gasteiger partial charge in [0.05, 0.1) is 17.8 Å². The minimum atomic E-state index is -3.61. The van der Waals surface area contributed by atoms with Crippen LogP contribution in [0.2, 0.25) is 0 Å². The molecule has 180 valence electrons. The van der Waals surface area contributed by atoms with E-state index < -0.39 is 39.2 Å². The van der Waals surface area contributed by atoms with Crippen LogP contribution in [-0.4, -0.2) is 67.3 Å². The largest absolute Gasteiger partial charge is 0.347 e. The van der Waals surface area contributed by atoms with Gasteiger partial charge in [-0.05, 0) is 63.6 Å². The van der Waals surface area contributed by atoms with E-state index in [1.54, 1.807) is 14.0 Å². The minimum absolute atomic E-state index is 0.000675. The van der Waals surface area contributed by atoms with Gasteiger partial charge in [-0.2, -0.15) is 0 Å². The van der Waals surface area contributed by atoms with Gasteiger partial charge in [-0.3, -0.25) is 14.4 Å². The maximum atomic E-state index is 13.4. The Labute approximate surface area is 194 Å². The number of nitrogens with one attached hydrogen (secondary N) is 3. The zero-order valence-electron chi connectivity index (χ0n) is 19.0. The van der Waals surface area contributed by atoms with Crippen molar-refractivity contribution in [2.45, 2.75) is 75.0 Å². The van der Waals surface area contributed by atoms with Gasteiger partial charge >= 0.3 is 0 Å². The number of carbonyl (C=O) groups is 3. The van der Waals surface area contributed by atoms with E-state index >= 15 is 0 Å². The summed E-state index contributed by atoms with van der Waals surface area (Å²) in [5.41, 5.74) is 2.28. The normalized spacial score (nSPS) is 29.4. The molecule has 33 heavy (non-hydrogen) atoms. The van der Waals surface area contributed by atoms with E-state index in [0.717, 1.165) is 24.8 Å². The molecular weight excluding hydrogens is 444 g/mol. The van der Waals surface area contributed by atoms with Crippen LogP contribution in [0.4, 0.5) is 0 Å². The molecule has 1 unspecified atom stereocenters. The summed E-state index contributed by atoms with van der Waals surface area (Å²) in [6.07, 6.45) is 3.21. The SMILES string of the molecule is CN[C@@H](C)C(=O)N[C@H]1CCS(=O)(=O)[C@H]2CC[C@H](C(=O)NC3CCCc4ccccc43)N2C1=O. The average molecular weight is 477 g/mol. The summed E-state index contributed by atoms with van der Waals surface area (Å²) in [7, 11) is -1.99. The molecule has 1 aliphatic carbocycles. The molecule has 10 heteroatoms. The number of amides is 3. The molecule has 3 aliphatic rings. The molecule has 0 radical (unpaired) electrons. The standard InChI is InChI=1S/C23H32N4O5S/c1-14(24-2)21(28)26-18-12-13-33(31,32)20-11-10-19(27(20)23(18)30)22(29)25-17-9-5-7-15-6-3-4-8-16(15)17/h3-4,6,8,14,17-20,24H,5,7,9-13H2,1-2H3,(H,25,29)(H,26,28)/t14-,17?,18-,19+,20-/m0/s1. The van der Waals surface area contributed by atoms with Crippen molar-refractivity contribution >= 4 is 27.6 Å². The molecule has 0 spiro atoms. The highest BCUT2D eigenvalue weighted by Crippen LogP contribution is 2.34. The van der Waals surface area contributed by atoms with Crippen molar-refractivity contribution in [3.8, 4) is 0 Å². The molecule has 3 N–H and O–H groups in total. The fourth-order valence-corrected chi connectivity index (χ4v) is 7.07. The molecule has 0 bridgehead atoms. The van der Waals surface area contributed by atoms with Crippen molar-refractivity contribution in [3.63, 3.8) is 0 Å². The zero-order chi connectivity index (χ0) is 23.8. The van der Waals surface area contributed by atoms with Crippen LogP contribution >= 0.6 is 0 Å². The topological polar surface area (TPSA) is 125 Å². The number of hydrogen-bond acceptors (Lipinski definition) is 6. The number of likely N-dealkylation sites (N-methyl/N-ethyl adjacent to an activating group) is 1. The molecule has 3 amide bonds. The fraction of sp³-hybridized carbons (Fsp3) is 0.609. The number of sulfone groups is 1. The molecule has 0 aromatic heterocycles. The molecule has 1 aromatic carbocycles. The van der Waals surface area contributed by atoms with Gasteiger partial charge in [-0.1, -0.05) is 24.3 Å². The fourth-order valence-electron chi connectivity index (χ4n) is 5.14. The Hall–Kier alpha value is -2.46. The van der Waals surface area contributed by atoms with E-state index in [4.69, 9.17) is 0 Å². The average Bonchev–Trinajstić information content (AvgIpc) is 3.24. The lowest BCUT2D eigenvalue weighted by molar-refractivity contribution is -0.142. The van der Waals surface area contributed by atoms with Crippen LogP contribution in [0.1, 0.15) is 56.2 Å². The molecule has 2 aliphatic heterocycles. The lowest BCUT2D eigenvalue weighted by Gasteiger charge is -2.32. The highest BCUT2D eigenvalue weighted by atomic mass is 32.2. The Morgan fingerprint density at radius 1 is 1.06 bits per heavy atom. The smallest absolute Gasteiger partial charge is 0.246 e. The highest BCUT2D eigenvalue weighted by Gasteiger charge is 2.51. The van der Waals surface area contributed by atoms with Crippen LogP contribution in [0.3, 0.4) is 0 Å². The Bertz CT molecular complexity index is 1040. The van der Waals surface area contributed by atoms with Gasteiger partial charge in [0.1, 0.15) is 17.5 Å². The van der Waals surface area contributed by atoms with Crippen LogP contribution in [-0.2, 0) is 30.6 Å². The molecule has 9 nitrogen and oxygen atoms in total. The van der Waals surface area contributed by atoms with Crippen LogP contribution in [0.5, 0.6) is 0 Å². The van der Waals surface area contributed by atoms with Crippen molar-refractivity contribution in [3.05, 3.63) is 35.4 Å². The van der Waals surface area contributed by atoms with Gasteiger partial charge in [-0.15, -0.1) is 0 Å². The van der Waals surface area contributed by atoms with Gasteiger partial charge in [0, 0.05) is 0 Å². The Balaban J connectivity index is 1.55. The molecule has 5 atom stereocenters. The predicted octanol–water partition coefficient (Wildman–Crippen LogP) is 0.409. The summed E-state index contributed by atoms with van der Waals surface area (Å²) >= 11 is 0. The van der Waals surface area contributed by atoms with E-state index in [1.165, 1.54) is 10.5 Å². The second-order valence-electron chi connectivity index (χ2n) is 9.17. The maximum absolute atomic E-state index is 13.4. The van der Waals surface area contributed by atoms with Crippen molar-refractivity contribution in [1.82, 2.24) is 20.9 Å². The summed E-state index contributed by atoms with van der Waals surface area (Å²) in [6, 6.07) is 5.46. The van der Waals surface area contributed by atoms with Gasteiger partial charge in [0.2, 0.25) is 17.7 Å². The number of hydrogen-bond donors (Lipinski definition) is 3. The van der Waals surface area contributed by atoms with Gasteiger partial charge in [0.25, 0.3) is 0 Å². The number of carbonyl (C=O) groups excluding carboxylic acids is 3.